The topological polar surface area (TPSA) is 99.2 Å². The second-order valence-corrected chi connectivity index (χ2v) is 10.4. The van der Waals surface area contributed by atoms with E-state index in [-0.39, 0.29) is 19.3 Å². The molecule has 0 N–H and O–H groups in total. The van der Waals surface area contributed by atoms with Crippen LogP contribution in [0.15, 0.2) is 0 Å². The van der Waals surface area contributed by atoms with E-state index in [1.807, 2.05) is 0 Å². The van der Waals surface area contributed by atoms with Gasteiger partial charge in [0.1, 0.15) is 5.60 Å². The van der Waals surface area contributed by atoms with Gasteiger partial charge in [-0.05, 0) is 33.1 Å². The van der Waals surface area contributed by atoms with Gasteiger partial charge in [0.15, 0.2) is 0 Å². The predicted molar refractivity (Wildman–Crippen MR) is 88.2 cm³/mol. The van der Waals surface area contributed by atoms with Crippen molar-refractivity contribution in [2.24, 2.45) is 0 Å². The zero-order valence-electron chi connectivity index (χ0n) is 14.1. The Bertz CT molecular complexity index is 592. The minimum absolute atomic E-state index is 0.0352. The van der Waals surface area contributed by atoms with Crippen LogP contribution in [0.2, 0.25) is 0 Å². The zero-order chi connectivity index (χ0) is 18.1. The highest BCUT2D eigenvalue weighted by molar-refractivity contribution is 7.95. The second kappa shape index (κ2) is 6.96. The first-order valence-corrected chi connectivity index (χ1v) is 10.9. The molecule has 1 saturated heterocycles. The van der Waals surface area contributed by atoms with E-state index in [0.29, 0.717) is 6.42 Å². The molecule has 0 aromatic rings. The van der Waals surface area contributed by atoms with Crippen molar-refractivity contribution in [2.45, 2.75) is 44.9 Å². The van der Waals surface area contributed by atoms with Gasteiger partial charge in [0.25, 0.3) is 10.1 Å². The highest BCUT2D eigenvalue weighted by Gasteiger charge is 2.44. The van der Waals surface area contributed by atoms with Gasteiger partial charge in [-0.15, -0.1) is 0 Å². The lowest BCUT2D eigenvalue weighted by Gasteiger charge is -2.47. The van der Waals surface area contributed by atoms with E-state index in [4.69, 9.17) is 13.1 Å². The average molecular weight is 371 g/mol. The van der Waals surface area contributed by atoms with Crippen LogP contribution in [0.3, 0.4) is 0 Å². The lowest BCUT2D eigenvalue weighted by Crippen LogP contribution is -2.62. The molecule has 1 rings (SSSR count). The molecule has 10 heteroatoms. The second-order valence-electron chi connectivity index (χ2n) is 6.63. The van der Waals surface area contributed by atoms with Crippen LogP contribution in [0.25, 0.3) is 0 Å². The first-order valence-electron chi connectivity index (χ1n) is 7.00. The molecule has 1 heterocycles. The van der Waals surface area contributed by atoms with Crippen molar-refractivity contribution in [3.8, 4) is 0 Å². The van der Waals surface area contributed by atoms with Gasteiger partial charge >= 0.3 is 6.09 Å². The fourth-order valence-corrected chi connectivity index (χ4v) is 2.88. The maximum absolute atomic E-state index is 12.3. The fourth-order valence-electron chi connectivity index (χ4n) is 2.04. The Kier molecular flexibility index (Phi) is 6.11. The van der Waals surface area contributed by atoms with E-state index >= 15 is 0 Å². The van der Waals surface area contributed by atoms with Gasteiger partial charge in [-0.2, -0.15) is 8.42 Å². The van der Waals surface area contributed by atoms with Crippen LogP contribution in [0, 0.1) is 0 Å². The van der Waals surface area contributed by atoms with Crippen LogP contribution in [0.1, 0.15) is 27.2 Å². The number of amides is 1. The summed E-state index contributed by atoms with van der Waals surface area (Å²) in [6.45, 7) is 5.07. The van der Waals surface area contributed by atoms with Gasteiger partial charge in [0.2, 0.25) is 0 Å². The summed E-state index contributed by atoms with van der Waals surface area (Å²) in [4.78, 5) is 13.6. The highest BCUT2D eigenvalue weighted by Crippen LogP contribution is 2.29. The van der Waals surface area contributed by atoms with Crippen LogP contribution in [0.5, 0.6) is 0 Å². The first kappa shape index (κ1) is 20.2. The zero-order valence-corrected chi connectivity index (χ0v) is 15.7. The van der Waals surface area contributed by atoms with Gasteiger partial charge in [-0.1, -0.05) is 0 Å². The maximum atomic E-state index is 12.3. The normalized spacial score (nSPS) is 24.7. The third kappa shape index (κ3) is 7.51. The first-order chi connectivity index (χ1) is 10.2. The molecule has 8 nitrogen and oxygen atoms in total. The molecule has 136 valence electrons. The van der Waals surface area contributed by atoms with E-state index in [1.165, 1.54) is 11.2 Å². The molecule has 1 unspecified atom stereocenters. The van der Waals surface area contributed by atoms with Gasteiger partial charge in [-0.25, -0.2) is 9.00 Å². The van der Waals surface area contributed by atoms with E-state index in [0.717, 1.165) is 6.26 Å². The number of nitrogens with zero attached hydrogens (tertiary/aromatic N) is 1. The Morgan fingerprint density at radius 1 is 1.13 bits per heavy atom. The largest absolute Gasteiger partial charge is 0.444 e. The molecule has 0 radical (unpaired) electrons. The third-order valence-electron chi connectivity index (χ3n) is 2.92. The highest BCUT2D eigenvalue weighted by atomic mass is 32.2. The number of ether oxygens (including phenoxy) is 1. The molecular weight excluding hydrogens is 346 g/mol. The average Bonchev–Trinajstić information content (AvgIpc) is 2.20. The molecular formula is C13H25NO7S2. The van der Waals surface area contributed by atoms with Crippen molar-refractivity contribution in [1.29, 1.82) is 0 Å². The summed E-state index contributed by atoms with van der Waals surface area (Å²) in [5.41, 5.74) is -0.690. The molecule has 1 amide bonds. The number of hydrogen-bond donors (Lipinski definition) is 0. The number of hydrogen-bond acceptors (Lipinski definition) is 7. The van der Waals surface area contributed by atoms with Crippen molar-refractivity contribution < 1.29 is 30.5 Å². The summed E-state index contributed by atoms with van der Waals surface area (Å²) in [5, 5.41) is 0. The molecule has 1 aliphatic rings. The number of likely N-dealkylation sites (tertiary alicyclic amines) is 1. The maximum Gasteiger partial charge on any atom is 0.410 e. The Morgan fingerprint density at radius 2 is 1.61 bits per heavy atom. The lowest BCUT2D eigenvalue weighted by molar-refractivity contribution is -0.0513. The molecule has 0 spiro atoms. The molecule has 0 bridgehead atoms. The van der Waals surface area contributed by atoms with E-state index in [1.54, 1.807) is 20.8 Å². The van der Waals surface area contributed by atoms with Crippen LogP contribution in [0.4, 0.5) is 4.79 Å². The number of rotatable bonds is 6. The summed E-state index contributed by atoms with van der Waals surface area (Å²) in [6.07, 6.45) is 2.17. The fraction of sp³-hybridized carbons (Fsp3) is 0.846. The molecule has 0 aliphatic carbocycles. The SMILES string of the molecule is C=S(C)(=O)OC[C@@H]1C[C@H](COS(C)(=O)=O)N1C(=O)OC(C)(C)C. The summed E-state index contributed by atoms with van der Waals surface area (Å²) >= 11 is 0. The van der Waals surface area contributed by atoms with Crippen molar-refractivity contribution in [2.75, 3.05) is 25.7 Å². The standard InChI is InChI=1S/C13H25NO7S2/c1-13(2,3)21-12(15)14-10(8-19-22(4,5)16)7-11(14)9-20-23(6,17)18/h10-11H,4,7-9H2,1-3,5-6H3/t10-,11+,22?/m0/s1. The quantitative estimate of drug-likeness (QED) is 0.498. The van der Waals surface area contributed by atoms with Crippen molar-refractivity contribution in [3.05, 3.63) is 0 Å². The smallest absolute Gasteiger partial charge is 0.410 e. The van der Waals surface area contributed by atoms with Crippen molar-refractivity contribution in [1.82, 2.24) is 4.90 Å². The minimum Gasteiger partial charge on any atom is -0.444 e. The summed E-state index contributed by atoms with van der Waals surface area (Å²) in [7, 11) is -6.24. The van der Waals surface area contributed by atoms with Gasteiger partial charge in [0.05, 0.1) is 41.4 Å². The molecule has 23 heavy (non-hydrogen) atoms. The monoisotopic (exact) mass is 371 g/mol. The Labute approximate surface area is 138 Å². The summed E-state index contributed by atoms with van der Waals surface area (Å²) in [6, 6.07) is -0.800. The van der Waals surface area contributed by atoms with E-state index in [9.17, 15) is 17.4 Å². The predicted octanol–water partition coefficient (Wildman–Crippen LogP) is 0.618. The lowest BCUT2D eigenvalue weighted by atomic mass is 9.95. The van der Waals surface area contributed by atoms with Gasteiger partial charge < -0.3 is 4.74 Å². The molecule has 0 aromatic carbocycles. The van der Waals surface area contributed by atoms with Crippen LogP contribution < -0.4 is 0 Å². The molecule has 0 aromatic heterocycles. The van der Waals surface area contributed by atoms with Crippen LogP contribution in [-0.2, 0) is 33.0 Å². The molecule has 0 saturated carbocycles. The van der Waals surface area contributed by atoms with Crippen molar-refractivity contribution in [3.63, 3.8) is 0 Å². The van der Waals surface area contributed by atoms with Crippen LogP contribution >= 0.6 is 0 Å². The summed E-state index contributed by atoms with van der Waals surface area (Å²) < 4.78 is 48.9. The summed E-state index contributed by atoms with van der Waals surface area (Å²) in [5.74, 6) is 3.38. The Morgan fingerprint density at radius 3 is 2.00 bits per heavy atom. The molecule has 1 fully saturated rings. The van der Waals surface area contributed by atoms with Crippen LogP contribution in [-0.4, -0.2) is 72.9 Å². The van der Waals surface area contributed by atoms with E-state index < -0.39 is 37.7 Å². The Hall–Kier alpha value is -0.840. The number of carbonyl (C=O) groups is 1. The van der Waals surface area contributed by atoms with Gasteiger partial charge in [0, 0.05) is 6.26 Å². The minimum atomic E-state index is -3.60. The van der Waals surface area contributed by atoms with E-state index in [2.05, 4.69) is 5.87 Å². The Balaban J connectivity index is 2.75. The van der Waals surface area contributed by atoms with Gasteiger partial charge in [-0.3, -0.25) is 13.3 Å². The molecule has 1 aliphatic heterocycles. The van der Waals surface area contributed by atoms with Crippen molar-refractivity contribution >= 4 is 31.9 Å². The molecule has 3 atom stereocenters. The number of carbonyl (C=O) groups excluding carboxylic acids is 1. The third-order valence-corrected chi connectivity index (χ3v) is 4.12.